The van der Waals surface area contributed by atoms with Crippen LogP contribution in [0.4, 0.5) is 0 Å². The summed E-state index contributed by atoms with van der Waals surface area (Å²) in [7, 11) is 1.51. The average molecular weight is 343 g/mol. The fourth-order valence-electron chi connectivity index (χ4n) is 2.13. The molecule has 5 nitrogen and oxygen atoms in total. The number of halogens is 1. The SMILES string of the molecule is CCCOC(=O)C(CC)(CC)C(=O)Oc1ccc(OC)cc1Cl. The van der Waals surface area contributed by atoms with Gasteiger partial charge in [0.05, 0.1) is 18.7 Å². The van der Waals surface area contributed by atoms with Crippen molar-refractivity contribution < 1.29 is 23.8 Å². The predicted molar refractivity (Wildman–Crippen MR) is 87.9 cm³/mol. The molecule has 0 saturated carbocycles. The van der Waals surface area contributed by atoms with Gasteiger partial charge >= 0.3 is 11.9 Å². The number of esters is 2. The zero-order valence-corrected chi connectivity index (χ0v) is 14.7. The van der Waals surface area contributed by atoms with Gasteiger partial charge in [0.2, 0.25) is 0 Å². The molecule has 0 aliphatic rings. The van der Waals surface area contributed by atoms with Crippen LogP contribution >= 0.6 is 11.6 Å². The van der Waals surface area contributed by atoms with Crippen molar-refractivity contribution in [3.8, 4) is 11.5 Å². The summed E-state index contributed by atoms with van der Waals surface area (Å²) in [5, 5.41) is 0.237. The Labute approximate surface area is 141 Å². The molecule has 0 atom stereocenters. The minimum Gasteiger partial charge on any atom is -0.497 e. The Kier molecular flexibility index (Phi) is 7.36. The van der Waals surface area contributed by atoms with E-state index in [9.17, 15) is 9.59 Å². The van der Waals surface area contributed by atoms with Crippen molar-refractivity contribution in [3.05, 3.63) is 23.2 Å². The zero-order valence-electron chi connectivity index (χ0n) is 14.0. The molecule has 0 N–H and O–H groups in total. The normalized spacial score (nSPS) is 11.0. The van der Waals surface area contributed by atoms with E-state index >= 15 is 0 Å². The van der Waals surface area contributed by atoms with Crippen molar-refractivity contribution >= 4 is 23.5 Å². The first kappa shape index (κ1) is 19.3. The van der Waals surface area contributed by atoms with Crippen molar-refractivity contribution in [2.75, 3.05) is 13.7 Å². The number of rotatable bonds is 8. The second kappa shape index (κ2) is 8.77. The Hall–Kier alpha value is -1.75. The predicted octanol–water partition coefficient (Wildman–Crippen LogP) is 4.01. The molecular weight excluding hydrogens is 320 g/mol. The van der Waals surface area contributed by atoms with Gasteiger partial charge in [-0.25, -0.2) is 0 Å². The van der Waals surface area contributed by atoms with Crippen LogP contribution in [0, 0.1) is 5.41 Å². The molecule has 6 heteroatoms. The Morgan fingerprint density at radius 3 is 2.26 bits per heavy atom. The molecule has 0 saturated heterocycles. The van der Waals surface area contributed by atoms with E-state index in [-0.39, 0.29) is 17.4 Å². The number of benzene rings is 1. The number of ether oxygens (including phenoxy) is 3. The first-order valence-electron chi connectivity index (χ1n) is 7.68. The summed E-state index contributed by atoms with van der Waals surface area (Å²) >= 11 is 6.08. The molecule has 0 radical (unpaired) electrons. The second-order valence-electron chi connectivity index (χ2n) is 5.11. The lowest BCUT2D eigenvalue weighted by atomic mass is 9.82. The van der Waals surface area contributed by atoms with E-state index in [4.69, 9.17) is 25.8 Å². The van der Waals surface area contributed by atoms with Gasteiger partial charge < -0.3 is 14.2 Å². The van der Waals surface area contributed by atoms with Crippen molar-refractivity contribution in [2.45, 2.75) is 40.0 Å². The highest BCUT2D eigenvalue weighted by Gasteiger charge is 2.46. The van der Waals surface area contributed by atoms with Gasteiger partial charge in [0.15, 0.2) is 5.41 Å². The van der Waals surface area contributed by atoms with Gasteiger partial charge in [-0.2, -0.15) is 0 Å². The number of carbonyl (C=O) groups excluding carboxylic acids is 2. The maximum atomic E-state index is 12.6. The zero-order chi connectivity index (χ0) is 17.5. The number of hydrogen-bond acceptors (Lipinski definition) is 5. The Morgan fingerprint density at radius 2 is 1.78 bits per heavy atom. The summed E-state index contributed by atoms with van der Waals surface area (Å²) in [4.78, 5) is 24.9. The Balaban J connectivity index is 3.00. The van der Waals surface area contributed by atoms with Crippen LogP contribution in [0.25, 0.3) is 0 Å². The van der Waals surface area contributed by atoms with Gasteiger partial charge in [-0.1, -0.05) is 32.4 Å². The second-order valence-corrected chi connectivity index (χ2v) is 5.52. The molecule has 0 aromatic heterocycles. The molecule has 0 fully saturated rings. The number of hydrogen-bond donors (Lipinski definition) is 0. The molecule has 23 heavy (non-hydrogen) atoms. The third-order valence-electron chi connectivity index (χ3n) is 3.77. The summed E-state index contributed by atoms with van der Waals surface area (Å²) in [5.41, 5.74) is -1.32. The fraction of sp³-hybridized carbons (Fsp3) is 0.529. The molecule has 1 rings (SSSR count). The van der Waals surface area contributed by atoms with Crippen molar-refractivity contribution in [3.63, 3.8) is 0 Å². The highest BCUT2D eigenvalue weighted by molar-refractivity contribution is 6.32. The molecule has 0 spiro atoms. The minimum atomic E-state index is -1.32. The van der Waals surface area contributed by atoms with Gasteiger partial charge in [0.1, 0.15) is 11.5 Å². The fourth-order valence-corrected chi connectivity index (χ4v) is 2.34. The first-order valence-corrected chi connectivity index (χ1v) is 8.06. The molecule has 0 amide bonds. The standard InChI is InChI=1S/C17H23ClO5/c1-5-10-22-15(19)17(6-2,7-3)16(20)23-14-9-8-12(21-4)11-13(14)18/h8-9,11H,5-7,10H2,1-4H3. The molecule has 0 aliphatic heterocycles. The van der Waals surface area contributed by atoms with E-state index in [0.29, 0.717) is 25.0 Å². The molecule has 0 unspecified atom stereocenters. The van der Waals surface area contributed by atoms with Crippen molar-refractivity contribution in [1.29, 1.82) is 0 Å². The van der Waals surface area contributed by atoms with Crippen molar-refractivity contribution in [2.24, 2.45) is 5.41 Å². The maximum absolute atomic E-state index is 12.6. The van der Waals surface area contributed by atoms with Crippen LogP contribution in [0.3, 0.4) is 0 Å². The first-order chi connectivity index (χ1) is 10.9. The van der Waals surface area contributed by atoms with Crippen LogP contribution in [-0.4, -0.2) is 25.7 Å². The number of methoxy groups -OCH3 is 1. The lowest BCUT2D eigenvalue weighted by molar-refractivity contribution is -0.168. The molecule has 1 aromatic carbocycles. The van der Waals surface area contributed by atoms with E-state index in [1.54, 1.807) is 26.0 Å². The summed E-state index contributed by atoms with van der Waals surface area (Å²) in [6.07, 6.45) is 1.27. The van der Waals surface area contributed by atoms with Crippen LogP contribution in [0.1, 0.15) is 40.0 Å². The van der Waals surface area contributed by atoms with Crippen molar-refractivity contribution in [1.82, 2.24) is 0 Å². The van der Waals surface area contributed by atoms with Gasteiger partial charge in [-0.15, -0.1) is 0 Å². The van der Waals surface area contributed by atoms with E-state index in [2.05, 4.69) is 0 Å². The van der Waals surface area contributed by atoms with E-state index in [0.717, 1.165) is 0 Å². The molecule has 128 valence electrons. The minimum absolute atomic E-state index is 0.187. The lowest BCUT2D eigenvalue weighted by Gasteiger charge is -2.26. The van der Waals surface area contributed by atoms with E-state index < -0.39 is 17.4 Å². The summed E-state index contributed by atoms with van der Waals surface area (Å²) in [6, 6.07) is 4.70. The average Bonchev–Trinajstić information content (AvgIpc) is 2.56. The van der Waals surface area contributed by atoms with E-state index in [1.165, 1.54) is 13.2 Å². The highest BCUT2D eigenvalue weighted by Crippen LogP contribution is 2.34. The molecule has 1 aromatic rings. The largest absolute Gasteiger partial charge is 0.497 e. The van der Waals surface area contributed by atoms with Gasteiger partial charge in [0.25, 0.3) is 0 Å². The molecule has 0 bridgehead atoms. The quantitative estimate of drug-likeness (QED) is 0.406. The Morgan fingerprint density at radius 1 is 1.13 bits per heavy atom. The van der Waals surface area contributed by atoms with Crippen LogP contribution in [0.15, 0.2) is 18.2 Å². The monoisotopic (exact) mass is 342 g/mol. The molecule has 0 aliphatic carbocycles. The summed E-state index contributed by atoms with van der Waals surface area (Å²) in [5.74, 6) is -0.476. The van der Waals surface area contributed by atoms with E-state index in [1.807, 2.05) is 6.92 Å². The topological polar surface area (TPSA) is 61.8 Å². The summed E-state index contributed by atoms with van der Waals surface area (Å²) in [6.45, 7) is 5.68. The Bertz CT molecular complexity index is 552. The third kappa shape index (κ3) is 4.38. The van der Waals surface area contributed by atoms with Gasteiger partial charge in [-0.05, 0) is 31.4 Å². The van der Waals surface area contributed by atoms with Crippen LogP contribution in [0.2, 0.25) is 5.02 Å². The van der Waals surface area contributed by atoms with Gasteiger partial charge in [0, 0.05) is 6.07 Å². The van der Waals surface area contributed by atoms with Gasteiger partial charge in [-0.3, -0.25) is 9.59 Å². The molecule has 0 heterocycles. The summed E-state index contributed by atoms with van der Waals surface area (Å²) < 4.78 is 15.6. The lowest BCUT2D eigenvalue weighted by Crippen LogP contribution is -2.42. The van der Waals surface area contributed by atoms with Crippen LogP contribution in [-0.2, 0) is 14.3 Å². The van der Waals surface area contributed by atoms with Crippen LogP contribution in [0.5, 0.6) is 11.5 Å². The number of carbonyl (C=O) groups is 2. The third-order valence-corrected chi connectivity index (χ3v) is 4.06. The smallest absolute Gasteiger partial charge is 0.328 e. The molecular formula is C17H23ClO5. The van der Waals surface area contributed by atoms with Crippen LogP contribution < -0.4 is 9.47 Å². The maximum Gasteiger partial charge on any atom is 0.328 e. The highest BCUT2D eigenvalue weighted by atomic mass is 35.5.